The standard InChI is InChI=1S/C28H33BN2O5/c1-27(2)28(3,4)36-29(35-27)23-15-16-24(30-20-33-18-21-11-7-5-8-12-21)25(17-23)31-26(32)34-19-22-13-9-6-10-14-22/h5-17,30H,18-20H2,1-4H3,(H,31,32). The van der Waals surface area contributed by atoms with Crippen LogP contribution in [0.25, 0.3) is 0 Å². The van der Waals surface area contributed by atoms with Gasteiger partial charge in [0.05, 0.1) is 29.2 Å². The van der Waals surface area contributed by atoms with Crippen molar-refractivity contribution in [2.45, 2.75) is 52.1 Å². The van der Waals surface area contributed by atoms with E-state index in [1.165, 1.54) is 0 Å². The van der Waals surface area contributed by atoms with Gasteiger partial charge in [-0.3, -0.25) is 5.32 Å². The van der Waals surface area contributed by atoms with E-state index in [1.807, 2.05) is 107 Å². The highest BCUT2D eigenvalue weighted by molar-refractivity contribution is 6.62. The molecule has 3 aromatic rings. The number of anilines is 2. The van der Waals surface area contributed by atoms with Crippen LogP contribution < -0.4 is 16.1 Å². The number of carbonyl (C=O) groups is 1. The van der Waals surface area contributed by atoms with E-state index in [9.17, 15) is 4.79 Å². The molecule has 4 rings (SSSR count). The summed E-state index contributed by atoms with van der Waals surface area (Å²) in [5, 5.41) is 6.09. The van der Waals surface area contributed by atoms with Crippen molar-refractivity contribution >= 4 is 30.0 Å². The Labute approximate surface area is 213 Å². The zero-order valence-electron chi connectivity index (χ0n) is 21.2. The molecule has 0 saturated carbocycles. The van der Waals surface area contributed by atoms with Crippen molar-refractivity contribution in [1.29, 1.82) is 0 Å². The first kappa shape index (κ1) is 25.8. The van der Waals surface area contributed by atoms with Gasteiger partial charge in [0.25, 0.3) is 0 Å². The predicted molar refractivity (Wildman–Crippen MR) is 142 cm³/mol. The Balaban J connectivity index is 1.45. The molecule has 1 heterocycles. The molecule has 36 heavy (non-hydrogen) atoms. The highest BCUT2D eigenvalue weighted by atomic mass is 16.7. The van der Waals surface area contributed by atoms with Gasteiger partial charge in [-0.2, -0.15) is 0 Å². The zero-order chi connectivity index (χ0) is 25.6. The number of rotatable bonds is 9. The van der Waals surface area contributed by atoms with Gasteiger partial charge in [-0.05, 0) is 56.4 Å². The number of hydrogen-bond donors (Lipinski definition) is 2. The van der Waals surface area contributed by atoms with E-state index in [4.69, 9.17) is 18.8 Å². The van der Waals surface area contributed by atoms with Gasteiger partial charge in [0.15, 0.2) is 0 Å². The molecule has 0 bridgehead atoms. The first-order valence-electron chi connectivity index (χ1n) is 12.1. The molecule has 188 valence electrons. The van der Waals surface area contributed by atoms with E-state index in [1.54, 1.807) is 0 Å². The summed E-state index contributed by atoms with van der Waals surface area (Å²) >= 11 is 0. The van der Waals surface area contributed by atoms with Gasteiger partial charge in [-0.25, -0.2) is 4.79 Å². The zero-order valence-corrected chi connectivity index (χ0v) is 21.2. The van der Waals surface area contributed by atoms with E-state index < -0.39 is 24.4 Å². The third kappa shape index (κ3) is 6.46. The molecular formula is C28H33BN2O5. The molecule has 2 N–H and O–H groups in total. The Morgan fingerprint density at radius 1 is 0.806 bits per heavy atom. The van der Waals surface area contributed by atoms with Gasteiger partial charge in [0.2, 0.25) is 0 Å². The molecule has 0 aliphatic carbocycles. The van der Waals surface area contributed by atoms with Crippen LogP contribution in [0.15, 0.2) is 78.9 Å². The van der Waals surface area contributed by atoms with E-state index in [2.05, 4.69) is 10.6 Å². The third-order valence-corrected chi connectivity index (χ3v) is 6.49. The van der Waals surface area contributed by atoms with Crippen LogP contribution in [0.2, 0.25) is 0 Å². The number of carbonyl (C=O) groups excluding carboxylic acids is 1. The Kier molecular flexibility index (Phi) is 7.99. The fraction of sp³-hybridized carbons (Fsp3) is 0.321. The van der Waals surface area contributed by atoms with Crippen LogP contribution in [0, 0.1) is 0 Å². The Morgan fingerprint density at radius 3 is 2.00 bits per heavy atom. The van der Waals surface area contributed by atoms with Crippen molar-refractivity contribution in [3.05, 3.63) is 90.0 Å². The second-order valence-electron chi connectivity index (χ2n) is 9.74. The SMILES string of the molecule is CC1(C)OB(c2ccc(NCOCc3ccccc3)c(NC(=O)OCc3ccccc3)c2)OC1(C)C. The second kappa shape index (κ2) is 11.2. The molecule has 3 aromatic carbocycles. The first-order valence-corrected chi connectivity index (χ1v) is 12.1. The lowest BCUT2D eigenvalue weighted by Crippen LogP contribution is -2.41. The Morgan fingerprint density at radius 2 is 1.39 bits per heavy atom. The normalized spacial score (nSPS) is 15.9. The smallest absolute Gasteiger partial charge is 0.444 e. The summed E-state index contributed by atoms with van der Waals surface area (Å²) in [5.74, 6) is 0. The van der Waals surface area contributed by atoms with E-state index >= 15 is 0 Å². The van der Waals surface area contributed by atoms with E-state index in [0.29, 0.717) is 18.0 Å². The van der Waals surface area contributed by atoms with Gasteiger partial charge in [0.1, 0.15) is 13.3 Å². The largest absolute Gasteiger partial charge is 0.494 e. The molecule has 7 nitrogen and oxygen atoms in total. The summed E-state index contributed by atoms with van der Waals surface area (Å²) in [7, 11) is -0.556. The topological polar surface area (TPSA) is 78.0 Å². The van der Waals surface area contributed by atoms with Gasteiger partial charge >= 0.3 is 13.2 Å². The number of ether oxygens (including phenoxy) is 2. The second-order valence-corrected chi connectivity index (χ2v) is 9.74. The number of amides is 1. The predicted octanol–water partition coefficient (Wildman–Crippen LogP) is 5.32. The number of benzene rings is 3. The van der Waals surface area contributed by atoms with Crippen molar-refractivity contribution in [1.82, 2.24) is 0 Å². The summed E-state index contributed by atoms with van der Waals surface area (Å²) in [5.41, 5.74) is 3.08. The molecule has 0 spiro atoms. The molecule has 1 aliphatic heterocycles. The van der Waals surface area contributed by atoms with Crippen molar-refractivity contribution in [2.75, 3.05) is 17.4 Å². The van der Waals surface area contributed by atoms with Crippen molar-refractivity contribution in [3.8, 4) is 0 Å². The van der Waals surface area contributed by atoms with E-state index in [0.717, 1.165) is 16.6 Å². The van der Waals surface area contributed by atoms with Crippen LogP contribution in [-0.4, -0.2) is 31.1 Å². The van der Waals surface area contributed by atoms with Crippen molar-refractivity contribution in [2.24, 2.45) is 0 Å². The minimum absolute atomic E-state index is 0.173. The molecule has 1 aliphatic rings. The minimum atomic E-state index is -0.557. The van der Waals surface area contributed by atoms with Gasteiger partial charge < -0.3 is 24.1 Å². The molecule has 0 atom stereocenters. The average Bonchev–Trinajstić information content (AvgIpc) is 3.09. The fourth-order valence-electron chi connectivity index (χ4n) is 3.69. The molecule has 1 amide bonds. The minimum Gasteiger partial charge on any atom is -0.444 e. The van der Waals surface area contributed by atoms with Crippen LogP contribution in [0.3, 0.4) is 0 Å². The molecule has 1 saturated heterocycles. The van der Waals surface area contributed by atoms with Crippen LogP contribution in [-0.2, 0) is 32.0 Å². The number of nitrogens with one attached hydrogen (secondary N) is 2. The monoisotopic (exact) mass is 488 g/mol. The van der Waals surface area contributed by atoms with Gasteiger partial charge in [-0.1, -0.05) is 66.7 Å². The molecule has 8 heteroatoms. The summed E-state index contributed by atoms with van der Waals surface area (Å²) in [4.78, 5) is 12.6. The van der Waals surface area contributed by atoms with Crippen LogP contribution in [0.5, 0.6) is 0 Å². The van der Waals surface area contributed by atoms with Crippen LogP contribution in [0.1, 0.15) is 38.8 Å². The van der Waals surface area contributed by atoms with E-state index in [-0.39, 0.29) is 13.3 Å². The van der Waals surface area contributed by atoms with Gasteiger partial charge in [0, 0.05) is 0 Å². The summed E-state index contributed by atoms with van der Waals surface area (Å²) in [6.45, 7) is 8.94. The summed E-state index contributed by atoms with van der Waals surface area (Å²) in [6.07, 6.45) is -0.557. The number of hydrogen-bond acceptors (Lipinski definition) is 6. The highest BCUT2D eigenvalue weighted by Gasteiger charge is 2.51. The maximum absolute atomic E-state index is 12.6. The van der Waals surface area contributed by atoms with Gasteiger partial charge in [-0.15, -0.1) is 0 Å². The molecule has 0 aromatic heterocycles. The molecule has 0 radical (unpaired) electrons. The summed E-state index contributed by atoms with van der Waals surface area (Å²) < 4.78 is 23.6. The Bertz CT molecular complexity index is 1140. The highest BCUT2D eigenvalue weighted by Crippen LogP contribution is 2.37. The molecular weight excluding hydrogens is 455 g/mol. The van der Waals surface area contributed by atoms with Crippen LogP contribution in [0.4, 0.5) is 16.2 Å². The first-order chi connectivity index (χ1) is 17.2. The lowest BCUT2D eigenvalue weighted by atomic mass is 9.78. The molecule has 0 unspecified atom stereocenters. The molecule has 1 fully saturated rings. The van der Waals surface area contributed by atoms with Crippen LogP contribution >= 0.6 is 0 Å². The lowest BCUT2D eigenvalue weighted by Gasteiger charge is -2.32. The average molecular weight is 488 g/mol. The van der Waals surface area contributed by atoms with Crippen molar-refractivity contribution < 1.29 is 23.6 Å². The van der Waals surface area contributed by atoms with Crippen molar-refractivity contribution in [3.63, 3.8) is 0 Å². The maximum Gasteiger partial charge on any atom is 0.494 e. The third-order valence-electron chi connectivity index (χ3n) is 6.49. The lowest BCUT2D eigenvalue weighted by molar-refractivity contribution is 0.00578. The summed E-state index contributed by atoms with van der Waals surface area (Å²) in [6, 6.07) is 25.1. The quantitative estimate of drug-likeness (QED) is 0.241. The fourth-order valence-corrected chi connectivity index (χ4v) is 3.69. The maximum atomic E-state index is 12.6. The Hall–Kier alpha value is -3.33.